The van der Waals surface area contributed by atoms with Crippen molar-refractivity contribution in [1.29, 1.82) is 0 Å². The average molecular weight is 291 g/mol. The molecular formula is C17H25NO3. The summed E-state index contributed by atoms with van der Waals surface area (Å²) in [5.74, 6) is 0.758. The third-order valence-electron chi connectivity index (χ3n) is 5.55. The SMILES string of the molecule is CC(C=CC1CC1)=CC1C(O)C(C)(O)C2C3OC3CCN12. The second-order valence-corrected chi connectivity index (χ2v) is 7.38. The van der Waals surface area contributed by atoms with Crippen molar-refractivity contribution in [3.63, 3.8) is 0 Å². The molecule has 0 aromatic rings. The number of hydrogen-bond donors (Lipinski definition) is 2. The van der Waals surface area contributed by atoms with Crippen LogP contribution in [0.4, 0.5) is 0 Å². The number of allylic oxidation sites excluding steroid dienone is 3. The molecule has 0 aromatic carbocycles. The number of hydrogen-bond acceptors (Lipinski definition) is 4. The van der Waals surface area contributed by atoms with E-state index >= 15 is 0 Å². The van der Waals surface area contributed by atoms with E-state index in [1.807, 2.05) is 0 Å². The Balaban J connectivity index is 1.57. The molecule has 3 heterocycles. The van der Waals surface area contributed by atoms with Gasteiger partial charge in [0, 0.05) is 6.54 Å². The van der Waals surface area contributed by atoms with Gasteiger partial charge in [0.05, 0.1) is 18.2 Å². The molecule has 4 heteroatoms. The molecular weight excluding hydrogens is 266 g/mol. The average Bonchev–Trinajstić information content (AvgIpc) is 3.33. The summed E-state index contributed by atoms with van der Waals surface area (Å²) in [6.45, 7) is 4.72. The number of fused-ring (bicyclic) bond motifs is 3. The molecule has 1 saturated carbocycles. The molecule has 0 spiro atoms. The molecule has 0 bridgehead atoms. The van der Waals surface area contributed by atoms with Gasteiger partial charge in [-0.25, -0.2) is 0 Å². The molecule has 3 saturated heterocycles. The number of piperidine rings is 1. The highest BCUT2D eigenvalue weighted by atomic mass is 16.6. The molecule has 3 aliphatic heterocycles. The van der Waals surface area contributed by atoms with Crippen molar-refractivity contribution in [3.8, 4) is 0 Å². The number of epoxide rings is 1. The van der Waals surface area contributed by atoms with Crippen LogP contribution in [0.15, 0.2) is 23.8 Å². The fourth-order valence-electron chi connectivity index (χ4n) is 4.06. The topological polar surface area (TPSA) is 56.2 Å². The second kappa shape index (κ2) is 4.66. The summed E-state index contributed by atoms with van der Waals surface area (Å²) in [6.07, 6.45) is 9.79. The first-order valence-electron chi connectivity index (χ1n) is 8.17. The molecule has 116 valence electrons. The fourth-order valence-corrected chi connectivity index (χ4v) is 4.06. The zero-order valence-corrected chi connectivity index (χ0v) is 12.8. The Morgan fingerprint density at radius 3 is 2.81 bits per heavy atom. The maximum Gasteiger partial charge on any atom is 0.108 e. The predicted octanol–water partition coefficient (Wildman–Crippen LogP) is 1.23. The van der Waals surface area contributed by atoms with E-state index in [0.717, 1.165) is 18.9 Å². The lowest BCUT2D eigenvalue weighted by Crippen LogP contribution is -2.52. The summed E-state index contributed by atoms with van der Waals surface area (Å²) in [6, 6.07) is -0.188. The van der Waals surface area contributed by atoms with Crippen LogP contribution >= 0.6 is 0 Å². The summed E-state index contributed by atoms with van der Waals surface area (Å²) in [4.78, 5) is 2.24. The highest BCUT2D eigenvalue weighted by Gasteiger charge is 2.65. The molecule has 0 amide bonds. The largest absolute Gasteiger partial charge is 0.388 e. The Morgan fingerprint density at radius 2 is 2.10 bits per heavy atom. The first-order valence-corrected chi connectivity index (χ1v) is 8.17. The number of aliphatic hydroxyl groups is 2. The first kappa shape index (κ1) is 13.9. The lowest BCUT2D eigenvalue weighted by Gasteiger charge is -2.33. The van der Waals surface area contributed by atoms with Crippen molar-refractivity contribution < 1.29 is 14.9 Å². The molecule has 0 radical (unpaired) electrons. The Hall–Kier alpha value is -0.680. The summed E-state index contributed by atoms with van der Waals surface area (Å²) < 4.78 is 5.67. The van der Waals surface area contributed by atoms with Crippen LogP contribution in [0.5, 0.6) is 0 Å². The van der Waals surface area contributed by atoms with E-state index < -0.39 is 11.7 Å². The highest BCUT2D eigenvalue weighted by Crippen LogP contribution is 2.47. The van der Waals surface area contributed by atoms with Gasteiger partial charge in [-0.05, 0) is 39.0 Å². The molecule has 4 aliphatic rings. The summed E-state index contributed by atoms with van der Waals surface area (Å²) in [5.41, 5.74) is 0.0721. The predicted molar refractivity (Wildman–Crippen MR) is 79.8 cm³/mol. The number of ether oxygens (including phenoxy) is 1. The summed E-state index contributed by atoms with van der Waals surface area (Å²) in [7, 11) is 0. The molecule has 6 atom stereocenters. The van der Waals surface area contributed by atoms with Crippen LogP contribution in [0.2, 0.25) is 0 Å². The molecule has 4 rings (SSSR count). The van der Waals surface area contributed by atoms with Gasteiger partial charge in [-0.1, -0.05) is 23.8 Å². The van der Waals surface area contributed by atoms with Gasteiger partial charge in [0.25, 0.3) is 0 Å². The van der Waals surface area contributed by atoms with Crippen LogP contribution < -0.4 is 0 Å². The Bertz CT molecular complexity index is 494. The van der Waals surface area contributed by atoms with Crippen molar-refractivity contribution in [2.24, 2.45) is 5.92 Å². The van der Waals surface area contributed by atoms with Gasteiger partial charge in [0.1, 0.15) is 17.8 Å². The number of aliphatic hydroxyl groups excluding tert-OH is 1. The van der Waals surface area contributed by atoms with Crippen LogP contribution in [-0.4, -0.2) is 57.7 Å². The Kier molecular flexibility index (Phi) is 3.09. The molecule has 2 N–H and O–H groups in total. The zero-order chi connectivity index (χ0) is 14.8. The van der Waals surface area contributed by atoms with Gasteiger partial charge in [-0.3, -0.25) is 4.90 Å². The van der Waals surface area contributed by atoms with E-state index in [-0.39, 0.29) is 18.2 Å². The van der Waals surface area contributed by atoms with Crippen LogP contribution in [0.25, 0.3) is 0 Å². The van der Waals surface area contributed by atoms with E-state index in [9.17, 15) is 10.2 Å². The van der Waals surface area contributed by atoms with Crippen molar-refractivity contribution in [3.05, 3.63) is 23.8 Å². The normalized spacial score (nSPS) is 50.3. The quantitative estimate of drug-likeness (QED) is 0.607. The molecule has 0 aromatic heterocycles. The van der Waals surface area contributed by atoms with E-state index in [4.69, 9.17) is 4.74 Å². The maximum atomic E-state index is 10.7. The first-order chi connectivity index (χ1) is 9.98. The summed E-state index contributed by atoms with van der Waals surface area (Å²) in [5, 5.41) is 21.4. The minimum Gasteiger partial charge on any atom is -0.388 e. The molecule has 4 fully saturated rings. The van der Waals surface area contributed by atoms with Crippen molar-refractivity contribution >= 4 is 0 Å². The molecule has 1 aliphatic carbocycles. The lowest BCUT2D eigenvalue weighted by molar-refractivity contribution is -0.0587. The van der Waals surface area contributed by atoms with E-state index in [2.05, 4.69) is 30.1 Å². The fraction of sp³-hybridized carbons (Fsp3) is 0.765. The minimum atomic E-state index is -1.10. The van der Waals surface area contributed by atoms with Crippen LogP contribution in [0.3, 0.4) is 0 Å². The van der Waals surface area contributed by atoms with E-state index in [1.165, 1.54) is 18.4 Å². The third-order valence-corrected chi connectivity index (χ3v) is 5.55. The van der Waals surface area contributed by atoms with Crippen molar-refractivity contribution in [2.45, 2.75) is 69.1 Å². The third kappa shape index (κ3) is 2.29. The van der Waals surface area contributed by atoms with Crippen molar-refractivity contribution in [2.75, 3.05) is 6.54 Å². The zero-order valence-electron chi connectivity index (χ0n) is 12.8. The maximum absolute atomic E-state index is 10.7. The van der Waals surface area contributed by atoms with Crippen LogP contribution in [-0.2, 0) is 4.74 Å². The van der Waals surface area contributed by atoms with Gasteiger partial charge in [0.2, 0.25) is 0 Å². The Labute approximate surface area is 126 Å². The molecule has 6 unspecified atom stereocenters. The molecule has 21 heavy (non-hydrogen) atoms. The van der Waals surface area contributed by atoms with Gasteiger partial charge in [-0.2, -0.15) is 0 Å². The monoisotopic (exact) mass is 291 g/mol. The minimum absolute atomic E-state index is 0.0762. The van der Waals surface area contributed by atoms with Crippen LogP contribution in [0.1, 0.15) is 33.1 Å². The van der Waals surface area contributed by atoms with Gasteiger partial charge >= 0.3 is 0 Å². The van der Waals surface area contributed by atoms with E-state index in [0.29, 0.717) is 6.10 Å². The summed E-state index contributed by atoms with van der Waals surface area (Å²) >= 11 is 0. The van der Waals surface area contributed by atoms with E-state index in [1.54, 1.807) is 6.92 Å². The van der Waals surface area contributed by atoms with Gasteiger partial charge in [0.15, 0.2) is 0 Å². The highest BCUT2D eigenvalue weighted by molar-refractivity contribution is 5.27. The smallest absolute Gasteiger partial charge is 0.108 e. The second-order valence-electron chi connectivity index (χ2n) is 7.38. The van der Waals surface area contributed by atoms with Gasteiger partial charge < -0.3 is 14.9 Å². The number of nitrogens with zero attached hydrogens (tertiary/aromatic N) is 1. The van der Waals surface area contributed by atoms with Crippen LogP contribution in [0, 0.1) is 5.92 Å². The molecule has 4 nitrogen and oxygen atoms in total. The standard InChI is InChI=1S/C17H25NO3/c1-10(3-4-11-5-6-11)9-12-16(19)17(2,20)15-14-13(21-14)7-8-18(12)15/h3-4,9,11-16,19-20H,5-8H2,1-2H3. The lowest BCUT2D eigenvalue weighted by atomic mass is 9.88. The van der Waals surface area contributed by atoms with Crippen molar-refractivity contribution in [1.82, 2.24) is 4.90 Å². The van der Waals surface area contributed by atoms with Gasteiger partial charge in [-0.15, -0.1) is 0 Å². The number of rotatable bonds is 3. The Morgan fingerprint density at radius 1 is 1.33 bits per heavy atom.